The zero-order valence-electron chi connectivity index (χ0n) is 16.1. The molecule has 0 bridgehead atoms. The maximum atomic E-state index is 12.5. The zero-order chi connectivity index (χ0) is 20.0. The van der Waals surface area contributed by atoms with E-state index < -0.39 is 6.09 Å². The molecule has 0 unspecified atom stereocenters. The summed E-state index contributed by atoms with van der Waals surface area (Å²) in [4.78, 5) is 32.2. The van der Waals surface area contributed by atoms with Crippen molar-refractivity contribution in [1.29, 1.82) is 0 Å². The Bertz CT molecular complexity index is 924. The lowest BCUT2D eigenvalue weighted by Crippen LogP contribution is -2.44. The lowest BCUT2D eigenvalue weighted by molar-refractivity contribution is -0.113. The Hall–Kier alpha value is -2.32. The first-order valence-corrected chi connectivity index (χ1v) is 10.9. The molecule has 1 N–H and O–H groups in total. The van der Waals surface area contributed by atoms with E-state index in [1.54, 1.807) is 0 Å². The maximum absolute atomic E-state index is 12.5. The lowest BCUT2D eigenvalue weighted by Gasteiger charge is -2.39. The number of amides is 2. The first kappa shape index (κ1) is 18.7. The Morgan fingerprint density at radius 2 is 1.86 bits per heavy atom. The number of nitrogens with zero attached hydrogens (tertiary/aromatic N) is 3. The van der Waals surface area contributed by atoms with Crippen molar-refractivity contribution in [1.82, 2.24) is 9.80 Å². The summed E-state index contributed by atoms with van der Waals surface area (Å²) in [6.07, 6.45) is 2.09. The van der Waals surface area contributed by atoms with E-state index in [1.165, 1.54) is 27.8 Å². The van der Waals surface area contributed by atoms with E-state index in [4.69, 9.17) is 9.84 Å². The summed E-state index contributed by atoms with van der Waals surface area (Å²) in [5, 5.41) is 9.88. The number of ether oxygens (including phenoxy) is 1. The molecule has 0 aromatic heterocycles. The second-order valence-electron chi connectivity index (χ2n) is 7.93. The summed E-state index contributed by atoms with van der Waals surface area (Å²) < 4.78 is 6.23. The van der Waals surface area contributed by atoms with Gasteiger partial charge in [0.2, 0.25) is 0 Å². The fourth-order valence-corrected chi connectivity index (χ4v) is 5.81. The van der Waals surface area contributed by atoms with Crippen LogP contribution in [0.3, 0.4) is 0 Å². The Kier molecular flexibility index (Phi) is 4.63. The summed E-state index contributed by atoms with van der Waals surface area (Å²) in [5.74, 6) is -0.175. The normalized spacial score (nSPS) is 23.6. The molecule has 0 radical (unpaired) electrons. The van der Waals surface area contributed by atoms with Crippen molar-refractivity contribution < 1.29 is 19.4 Å². The highest BCUT2D eigenvalue weighted by atomic mass is 32.2. The molecule has 152 valence electrons. The number of amidine groups is 1. The molecule has 0 saturated carbocycles. The third kappa shape index (κ3) is 3.24. The molecule has 5 rings (SSSR count). The van der Waals surface area contributed by atoms with Crippen LogP contribution in [0.15, 0.2) is 39.7 Å². The number of likely N-dealkylation sites (tertiary alicyclic amines) is 2. The molecule has 2 fully saturated rings. The average molecular weight is 413 g/mol. The van der Waals surface area contributed by atoms with Gasteiger partial charge in [0.15, 0.2) is 5.17 Å². The van der Waals surface area contributed by atoms with Gasteiger partial charge in [0.1, 0.15) is 0 Å². The van der Waals surface area contributed by atoms with Gasteiger partial charge in [-0.2, -0.15) is 4.99 Å². The second kappa shape index (κ2) is 7.18. The fourth-order valence-electron chi connectivity index (χ4n) is 4.71. The van der Waals surface area contributed by atoms with E-state index in [9.17, 15) is 9.59 Å². The quantitative estimate of drug-likeness (QED) is 0.658. The zero-order valence-corrected chi connectivity index (χ0v) is 16.9. The number of hydrogen-bond donors (Lipinski definition) is 1. The van der Waals surface area contributed by atoms with E-state index in [0.29, 0.717) is 37.4 Å². The number of carboxylic acid groups (broad SMARTS) is 1. The molecule has 4 heterocycles. The van der Waals surface area contributed by atoms with Gasteiger partial charge >= 0.3 is 6.09 Å². The first-order chi connectivity index (χ1) is 14.1. The number of thioether (sulfide) groups is 1. The minimum absolute atomic E-state index is 0.175. The number of piperidine rings is 2. The predicted molar refractivity (Wildman–Crippen MR) is 110 cm³/mol. The van der Waals surface area contributed by atoms with Crippen LogP contribution in [0.25, 0.3) is 0 Å². The molecule has 0 atom stereocenters. The highest BCUT2D eigenvalue weighted by Gasteiger charge is 2.43. The Balaban J connectivity index is 1.25. The first-order valence-electron chi connectivity index (χ1n) is 10.0. The summed E-state index contributed by atoms with van der Waals surface area (Å²) in [7, 11) is 0. The minimum Gasteiger partial charge on any atom is -0.465 e. The van der Waals surface area contributed by atoms with Crippen LogP contribution >= 0.6 is 11.8 Å². The van der Waals surface area contributed by atoms with Crippen LogP contribution < -0.4 is 0 Å². The summed E-state index contributed by atoms with van der Waals surface area (Å²) >= 11 is 1.46. The van der Waals surface area contributed by atoms with Crippen LogP contribution in [-0.2, 0) is 21.7 Å². The van der Waals surface area contributed by atoms with Crippen LogP contribution in [0.1, 0.15) is 36.8 Å². The van der Waals surface area contributed by atoms with E-state index in [-0.39, 0.29) is 11.5 Å². The molecule has 7 nitrogen and oxygen atoms in total. The number of hydrogen-bond acceptors (Lipinski definition) is 5. The van der Waals surface area contributed by atoms with Gasteiger partial charge in [0.05, 0.1) is 17.1 Å². The van der Waals surface area contributed by atoms with Gasteiger partial charge in [0, 0.05) is 26.2 Å². The highest BCUT2D eigenvalue weighted by Crippen LogP contribution is 2.45. The van der Waals surface area contributed by atoms with Gasteiger partial charge in [-0.3, -0.25) is 4.79 Å². The number of rotatable bonds is 0. The van der Waals surface area contributed by atoms with Crippen LogP contribution in [0.4, 0.5) is 4.79 Å². The molecule has 4 aliphatic heterocycles. The molecule has 2 saturated heterocycles. The van der Waals surface area contributed by atoms with Gasteiger partial charge in [-0.1, -0.05) is 24.3 Å². The van der Waals surface area contributed by atoms with Crippen LogP contribution in [0.2, 0.25) is 0 Å². The Labute approximate surface area is 173 Å². The third-order valence-corrected chi connectivity index (χ3v) is 7.60. The van der Waals surface area contributed by atoms with Crippen molar-refractivity contribution in [2.75, 3.05) is 26.2 Å². The Morgan fingerprint density at radius 1 is 1.14 bits per heavy atom. The lowest BCUT2D eigenvalue weighted by atomic mass is 9.84. The van der Waals surface area contributed by atoms with Crippen molar-refractivity contribution in [3.05, 3.63) is 45.9 Å². The average Bonchev–Trinajstić information content (AvgIpc) is 3.30. The molecular weight excluding hydrogens is 390 g/mol. The highest BCUT2D eigenvalue weighted by molar-refractivity contribution is 8.18. The largest absolute Gasteiger partial charge is 0.465 e. The van der Waals surface area contributed by atoms with Gasteiger partial charge in [-0.15, -0.1) is 0 Å². The van der Waals surface area contributed by atoms with Crippen LogP contribution in [-0.4, -0.2) is 58.3 Å². The van der Waals surface area contributed by atoms with Gasteiger partial charge < -0.3 is 19.6 Å². The number of fused-ring (bicyclic) bond motifs is 2. The van der Waals surface area contributed by atoms with Crippen LogP contribution in [0, 0.1) is 0 Å². The monoisotopic (exact) mass is 413 g/mol. The SMILES string of the molecule is O=C1N=C(N2CCC3(CC2)OCc2ccccc23)SC1=C1CCN(C(=O)O)CC1. The standard InChI is InChI=1S/C21H23N3O4S/c25-18-17(14-5-9-24(10-6-14)20(26)27)29-19(22-18)23-11-7-21(8-12-23)16-4-2-1-3-15(16)13-28-21/h1-4H,5-13H2,(H,26,27). The molecule has 8 heteroatoms. The molecule has 1 aromatic carbocycles. The maximum Gasteiger partial charge on any atom is 0.407 e. The predicted octanol–water partition coefficient (Wildman–Crippen LogP) is 3.17. The van der Waals surface area contributed by atoms with E-state index in [0.717, 1.165) is 36.7 Å². The van der Waals surface area contributed by atoms with Crippen molar-refractivity contribution in [3.8, 4) is 0 Å². The minimum atomic E-state index is -0.894. The molecule has 29 heavy (non-hydrogen) atoms. The molecule has 2 amide bonds. The second-order valence-corrected chi connectivity index (χ2v) is 8.91. The molecule has 0 aliphatic carbocycles. The molecule has 1 spiro atoms. The number of carbonyl (C=O) groups is 2. The number of aliphatic imine (C=N–C) groups is 1. The van der Waals surface area contributed by atoms with Crippen molar-refractivity contribution in [2.24, 2.45) is 4.99 Å². The smallest absolute Gasteiger partial charge is 0.407 e. The summed E-state index contributed by atoms with van der Waals surface area (Å²) in [5.41, 5.74) is 3.43. The Morgan fingerprint density at radius 3 is 2.59 bits per heavy atom. The molecular formula is C21H23N3O4S. The summed E-state index contributed by atoms with van der Waals surface area (Å²) in [6.45, 7) is 3.18. The van der Waals surface area contributed by atoms with E-state index in [2.05, 4.69) is 34.2 Å². The van der Waals surface area contributed by atoms with Crippen molar-refractivity contribution in [2.45, 2.75) is 37.9 Å². The van der Waals surface area contributed by atoms with Crippen LogP contribution in [0.5, 0.6) is 0 Å². The number of benzene rings is 1. The van der Waals surface area contributed by atoms with E-state index in [1.807, 2.05) is 0 Å². The van der Waals surface area contributed by atoms with Gasteiger partial charge in [0.25, 0.3) is 5.91 Å². The molecule has 4 aliphatic rings. The van der Waals surface area contributed by atoms with Gasteiger partial charge in [-0.05, 0) is 54.1 Å². The fraction of sp³-hybridized carbons (Fsp3) is 0.476. The number of carbonyl (C=O) groups excluding carboxylic acids is 1. The van der Waals surface area contributed by atoms with Gasteiger partial charge in [-0.25, -0.2) is 4.79 Å². The van der Waals surface area contributed by atoms with E-state index >= 15 is 0 Å². The topological polar surface area (TPSA) is 82.4 Å². The third-order valence-electron chi connectivity index (χ3n) is 6.40. The molecule has 1 aromatic rings. The summed E-state index contributed by atoms with van der Waals surface area (Å²) in [6, 6.07) is 8.45. The van der Waals surface area contributed by atoms with Crippen molar-refractivity contribution >= 4 is 28.9 Å². The van der Waals surface area contributed by atoms with Crippen molar-refractivity contribution in [3.63, 3.8) is 0 Å².